The third-order valence-electron chi connectivity index (χ3n) is 8.43. The summed E-state index contributed by atoms with van der Waals surface area (Å²) in [5.41, 5.74) is -2.70. The third kappa shape index (κ3) is 7.54. The lowest BCUT2D eigenvalue weighted by atomic mass is 9.77. The average Bonchev–Trinajstić information content (AvgIpc) is 3.33. The van der Waals surface area contributed by atoms with Gasteiger partial charge in [0.2, 0.25) is 17.4 Å². The maximum absolute atomic E-state index is 15.4. The summed E-state index contributed by atoms with van der Waals surface area (Å²) >= 11 is 0. The Morgan fingerprint density at radius 1 is 0.963 bits per heavy atom. The summed E-state index contributed by atoms with van der Waals surface area (Å²) in [6.07, 6.45) is 2.74. The normalized spacial score (nSPS) is 16.7. The van der Waals surface area contributed by atoms with Crippen LogP contribution in [0.4, 0.5) is 22.4 Å². The Morgan fingerprint density at radius 3 is 2.20 bits per heavy atom. The van der Waals surface area contributed by atoms with Crippen molar-refractivity contribution in [3.05, 3.63) is 99.7 Å². The number of aliphatic carboxylic acids is 1. The van der Waals surface area contributed by atoms with E-state index < -0.39 is 81.5 Å². The lowest BCUT2D eigenvalue weighted by molar-refractivity contribution is -0.145. The smallest absolute Gasteiger partial charge is 0.407 e. The molecular formula is C38H36F4N2O10. The van der Waals surface area contributed by atoms with Gasteiger partial charge in [-0.3, -0.25) is 4.79 Å². The quantitative estimate of drug-likeness (QED) is 0.0669. The van der Waals surface area contributed by atoms with Crippen molar-refractivity contribution >= 4 is 23.9 Å². The van der Waals surface area contributed by atoms with E-state index in [2.05, 4.69) is 5.32 Å². The van der Waals surface area contributed by atoms with Crippen molar-refractivity contribution in [2.45, 2.75) is 71.1 Å². The summed E-state index contributed by atoms with van der Waals surface area (Å²) in [5.74, 6) is -14.6. The molecule has 54 heavy (non-hydrogen) atoms. The van der Waals surface area contributed by atoms with E-state index in [1.807, 2.05) is 5.32 Å². The van der Waals surface area contributed by atoms with Crippen LogP contribution in [0.5, 0.6) is 28.7 Å². The van der Waals surface area contributed by atoms with Crippen LogP contribution < -0.4 is 20.1 Å². The van der Waals surface area contributed by atoms with Crippen LogP contribution in [-0.2, 0) is 24.7 Å². The number of benzene rings is 3. The first-order valence-electron chi connectivity index (χ1n) is 16.7. The van der Waals surface area contributed by atoms with Gasteiger partial charge in [-0.15, -0.1) is 0 Å². The number of allylic oxidation sites excluding steroid dienone is 1. The van der Waals surface area contributed by atoms with Crippen molar-refractivity contribution in [2.24, 2.45) is 0 Å². The molecule has 3 aromatic rings. The van der Waals surface area contributed by atoms with Crippen molar-refractivity contribution in [3.63, 3.8) is 0 Å². The molecule has 2 heterocycles. The van der Waals surface area contributed by atoms with Gasteiger partial charge in [0.1, 0.15) is 40.2 Å². The van der Waals surface area contributed by atoms with Crippen LogP contribution in [0, 0.1) is 23.3 Å². The molecule has 5 rings (SSSR count). The number of phenolic OH excluding ortho intramolecular Hbond substituents is 1. The van der Waals surface area contributed by atoms with E-state index in [1.54, 1.807) is 46.8 Å². The number of fused-ring (bicyclic) bond motifs is 4. The van der Waals surface area contributed by atoms with Crippen LogP contribution in [-0.4, -0.2) is 52.3 Å². The number of alkyl carbamates (subject to hydrolysis) is 1. The second-order valence-electron chi connectivity index (χ2n) is 13.4. The predicted molar refractivity (Wildman–Crippen MR) is 182 cm³/mol. The van der Waals surface area contributed by atoms with Crippen molar-refractivity contribution in [2.75, 3.05) is 6.54 Å². The third-order valence-corrected chi connectivity index (χ3v) is 8.43. The highest BCUT2D eigenvalue weighted by atomic mass is 19.2. The Kier molecular flexibility index (Phi) is 11.0. The van der Waals surface area contributed by atoms with E-state index in [0.29, 0.717) is 11.1 Å². The van der Waals surface area contributed by atoms with E-state index in [-0.39, 0.29) is 54.2 Å². The number of aromatic hydroxyl groups is 1. The molecule has 0 radical (unpaired) electrons. The number of carboxylic acid groups (broad SMARTS) is 1. The fraction of sp³-hybridized carbons (Fsp3) is 0.316. The van der Waals surface area contributed by atoms with E-state index in [0.717, 1.165) is 6.07 Å². The second kappa shape index (κ2) is 15.1. The van der Waals surface area contributed by atoms with Crippen LogP contribution >= 0.6 is 0 Å². The molecule has 2 aliphatic heterocycles. The van der Waals surface area contributed by atoms with Gasteiger partial charge in [0.05, 0.1) is 0 Å². The van der Waals surface area contributed by atoms with Gasteiger partial charge >= 0.3 is 18.0 Å². The molecule has 16 heteroatoms. The van der Waals surface area contributed by atoms with E-state index in [1.165, 1.54) is 30.3 Å². The SMILES string of the molecule is CC=CC1=C(C)C(=O)OC12c1ccc(O)cc1Oc1cc(Oc3c(F)c(F)c(C(=O)NC(CCCCNC(=O)OC(C)(C)C)C(=O)O)c(F)c3F)ccc12. The number of nitrogens with one attached hydrogen (secondary N) is 2. The molecule has 0 aromatic heterocycles. The number of carbonyl (C=O) groups is 4. The molecule has 2 unspecified atom stereocenters. The topological polar surface area (TPSA) is 170 Å². The molecule has 286 valence electrons. The molecule has 3 aromatic carbocycles. The molecule has 12 nitrogen and oxygen atoms in total. The van der Waals surface area contributed by atoms with Gasteiger partial charge in [0.15, 0.2) is 17.2 Å². The van der Waals surface area contributed by atoms with E-state index in [9.17, 15) is 29.4 Å². The summed E-state index contributed by atoms with van der Waals surface area (Å²) in [6.45, 7) is 8.38. The average molecular weight is 757 g/mol. The van der Waals surface area contributed by atoms with E-state index in [4.69, 9.17) is 18.9 Å². The van der Waals surface area contributed by atoms with Gasteiger partial charge < -0.3 is 39.8 Å². The zero-order chi connectivity index (χ0) is 39.7. The minimum Gasteiger partial charge on any atom is -0.508 e. The minimum absolute atomic E-state index is 0.0612. The van der Waals surface area contributed by atoms with Crippen LogP contribution in [0.15, 0.2) is 59.7 Å². The zero-order valence-corrected chi connectivity index (χ0v) is 29.7. The first-order valence-corrected chi connectivity index (χ1v) is 16.7. The van der Waals surface area contributed by atoms with Gasteiger partial charge in [0, 0.05) is 41.0 Å². The van der Waals surface area contributed by atoms with Gasteiger partial charge in [-0.05, 0) is 78.1 Å². The lowest BCUT2D eigenvalue weighted by Gasteiger charge is -2.37. The number of hydrogen-bond donors (Lipinski definition) is 4. The molecule has 2 atom stereocenters. The maximum Gasteiger partial charge on any atom is 0.407 e. The van der Waals surface area contributed by atoms with Crippen LogP contribution in [0.3, 0.4) is 0 Å². The number of halogens is 4. The Hall–Kier alpha value is -6.06. The molecule has 0 saturated carbocycles. The lowest BCUT2D eigenvalue weighted by Crippen LogP contribution is -2.41. The first-order chi connectivity index (χ1) is 25.4. The number of unbranched alkanes of at least 4 members (excludes halogenated alkanes) is 1. The molecule has 0 saturated heterocycles. The molecule has 0 bridgehead atoms. The van der Waals surface area contributed by atoms with Crippen LogP contribution in [0.1, 0.15) is 75.4 Å². The number of rotatable bonds is 11. The summed E-state index contributed by atoms with van der Waals surface area (Å²) < 4.78 is 83.6. The molecule has 4 N–H and O–H groups in total. The first kappa shape index (κ1) is 39.2. The highest BCUT2D eigenvalue weighted by molar-refractivity contribution is 5.97. The van der Waals surface area contributed by atoms with Crippen LogP contribution in [0.2, 0.25) is 0 Å². The number of carboxylic acids is 1. The van der Waals surface area contributed by atoms with Gasteiger partial charge in [-0.1, -0.05) is 12.2 Å². The number of hydrogen-bond acceptors (Lipinski definition) is 9. The molecule has 0 aliphatic carbocycles. The summed E-state index contributed by atoms with van der Waals surface area (Å²) in [7, 11) is 0. The number of esters is 1. The fourth-order valence-corrected chi connectivity index (χ4v) is 6.03. The highest BCUT2D eigenvalue weighted by Gasteiger charge is 2.53. The predicted octanol–water partition coefficient (Wildman–Crippen LogP) is 7.42. The Bertz CT molecular complexity index is 2080. The Morgan fingerprint density at radius 2 is 1.59 bits per heavy atom. The second-order valence-corrected chi connectivity index (χ2v) is 13.4. The number of ether oxygens (including phenoxy) is 4. The van der Waals surface area contributed by atoms with Crippen molar-refractivity contribution in [3.8, 4) is 28.7 Å². The standard InChI is InChI=1S/C38H36F4N2O10/c1-6-9-21-18(2)35(49)53-38(21)22-13-11-19(45)16-25(22)52-26-17-20(12-14-23(26)38)51-32-30(41)28(39)27(29(40)31(32)42)33(46)44-24(34(47)48)10-7-8-15-43-36(50)54-37(3,4)5/h6,9,11-14,16-17,24,45H,7-8,10,15H2,1-5H3,(H,43,50)(H,44,46)(H,47,48). The number of carbonyl (C=O) groups excluding carboxylic acids is 3. The molecule has 0 fully saturated rings. The summed E-state index contributed by atoms with van der Waals surface area (Å²) in [6, 6.07) is 6.09. The van der Waals surface area contributed by atoms with Gasteiger partial charge in [-0.25, -0.2) is 23.2 Å². The van der Waals surface area contributed by atoms with Crippen LogP contribution in [0.25, 0.3) is 0 Å². The van der Waals surface area contributed by atoms with Crippen molar-refractivity contribution in [1.82, 2.24) is 10.6 Å². The zero-order valence-electron chi connectivity index (χ0n) is 29.7. The largest absolute Gasteiger partial charge is 0.508 e. The van der Waals surface area contributed by atoms with Crippen molar-refractivity contribution < 1.29 is 65.9 Å². The molecule has 2 amide bonds. The molecule has 1 spiro atoms. The summed E-state index contributed by atoms with van der Waals surface area (Å²) in [4.78, 5) is 49.3. The Balaban J connectivity index is 1.38. The molecule has 2 aliphatic rings. The fourth-order valence-electron chi connectivity index (χ4n) is 6.03. The molecular weight excluding hydrogens is 720 g/mol. The van der Waals surface area contributed by atoms with E-state index >= 15 is 17.6 Å². The minimum atomic E-state index is -2.15. The number of phenols is 1. The van der Waals surface area contributed by atoms with Gasteiger partial charge in [0.25, 0.3) is 5.91 Å². The maximum atomic E-state index is 15.4. The van der Waals surface area contributed by atoms with Gasteiger partial charge in [-0.2, -0.15) is 8.78 Å². The number of amides is 2. The Labute approximate surface area is 306 Å². The highest BCUT2D eigenvalue weighted by Crippen LogP contribution is 2.57. The van der Waals surface area contributed by atoms with Crippen molar-refractivity contribution in [1.29, 1.82) is 0 Å². The summed E-state index contributed by atoms with van der Waals surface area (Å²) in [5, 5.41) is 24.1. The monoisotopic (exact) mass is 756 g/mol.